The highest BCUT2D eigenvalue weighted by atomic mass is 28.4. The highest BCUT2D eigenvalue weighted by molar-refractivity contribution is 6.74. The van der Waals surface area contributed by atoms with Gasteiger partial charge in [0, 0.05) is 0 Å². The van der Waals surface area contributed by atoms with Crippen LogP contribution in [-0.4, -0.2) is 20.7 Å². The second-order valence-corrected chi connectivity index (χ2v) is 10.3. The van der Waals surface area contributed by atoms with E-state index in [1.807, 2.05) is 13.0 Å². The van der Waals surface area contributed by atoms with Crippen LogP contribution in [-0.2, 0) is 9.22 Å². The molecule has 0 N–H and O–H groups in total. The van der Waals surface area contributed by atoms with Gasteiger partial charge in [-0.2, -0.15) is 0 Å². The highest BCUT2D eigenvalue weighted by Crippen LogP contribution is 2.36. The van der Waals surface area contributed by atoms with Crippen molar-refractivity contribution < 1.29 is 9.22 Å². The van der Waals surface area contributed by atoms with Gasteiger partial charge in [-0.15, -0.1) is 0 Å². The lowest BCUT2D eigenvalue weighted by molar-refractivity contribution is -0.113. The van der Waals surface area contributed by atoms with Gasteiger partial charge in [-0.05, 0) is 37.6 Å². The first-order chi connectivity index (χ1) is 6.58. The summed E-state index contributed by atoms with van der Waals surface area (Å²) >= 11 is 0. The van der Waals surface area contributed by atoms with E-state index in [9.17, 15) is 4.79 Å². The predicted octanol–water partition coefficient (Wildman–Crippen LogP) is 3.54. The SMILES string of the molecule is CC(=O)/C(C)=C/CO[Si](C)(C)C(C)(C)C. The van der Waals surface area contributed by atoms with Crippen LogP contribution in [0.3, 0.4) is 0 Å². The number of hydrogen-bond donors (Lipinski definition) is 0. The second-order valence-electron chi connectivity index (χ2n) is 5.51. The van der Waals surface area contributed by atoms with Gasteiger partial charge in [0.05, 0.1) is 6.61 Å². The van der Waals surface area contributed by atoms with Gasteiger partial charge in [-0.25, -0.2) is 0 Å². The van der Waals surface area contributed by atoms with Crippen LogP contribution in [0.15, 0.2) is 11.6 Å². The Morgan fingerprint density at radius 2 is 1.73 bits per heavy atom. The lowest BCUT2D eigenvalue weighted by atomic mass is 10.2. The molecule has 0 aliphatic carbocycles. The molecule has 0 atom stereocenters. The van der Waals surface area contributed by atoms with E-state index in [0.29, 0.717) is 6.61 Å². The Hall–Kier alpha value is -0.413. The number of allylic oxidation sites excluding steroid dienone is 1. The normalized spacial score (nSPS) is 14.2. The lowest BCUT2D eigenvalue weighted by Gasteiger charge is -2.35. The molecule has 0 amide bonds. The van der Waals surface area contributed by atoms with Crippen molar-refractivity contribution in [2.24, 2.45) is 0 Å². The zero-order chi connectivity index (χ0) is 12.3. The van der Waals surface area contributed by atoms with Crippen LogP contribution in [0.5, 0.6) is 0 Å². The van der Waals surface area contributed by atoms with Crippen LogP contribution in [0.1, 0.15) is 34.6 Å². The second kappa shape index (κ2) is 5.08. The van der Waals surface area contributed by atoms with Crippen LogP contribution in [0.2, 0.25) is 18.1 Å². The molecule has 3 heteroatoms. The maximum Gasteiger partial charge on any atom is 0.192 e. The third-order valence-electron chi connectivity index (χ3n) is 3.20. The number of rotatable bonds is 4. The molecule has 88 valence electrons. The minimum atomic E-state index is -1.66. The van der Waals surface area contributed by atoms with E-state index in [0.717, 1.165) is 5.57 Å². The van der Waals surface area contributed by atoms with Crippen LogP contribution in [0.4, 0.5) is 0 Å². The van der Waals surface area contributed by atoms with Crippen molar-refractivity contribution in [2.45, 2.75) is 52.8 Å². The van der Waals surface area contributed by atoms with Gasteiger partial charge in [-0.3, -0.25) is 4.79 Å². The summed E-state index contributed by atoms with van der Waals surface area (Å²) in [7, 11) is -1.66. The minimum Gasteiger partial charge on any atom is -0.413 e. The summed E-state index contributed by atoms with van der Waals surface area (Å²) in [6.45, 7) is 15.0. The Labute approximate surface area is 94.8 Å². The molecule has 0 unspecified atom stereocenters. The molecule has 0 aliphatic rings. The van der Waals surface area contributed by atoms with Crippen LogP contribution in [0, 0.1) is 0 Å². The van der Waals surface area contributed by atoms with E-state index in [-0.39, 0.29) is 10.8 Å². The molecule has 0 aromatic rings. The minimum absolute atomic E-state index is 0.119. The smallest absolute Gasteiger partial charge is 0.192 e. The lowest BCUT2D eigenvalue weighted by Crippen LogP contribution is -2.40. The van der Waals surface area contributed by atoms with Crippen molar-refractivity contribution in [3.8, 4) is 0 Å². The van der Waals surface area contributed by atoms with Gasteiger partial charge in [0.1, 0.15) is 0 Å². The molecule has 0 aliphatic heterocycles. The van der Waals surface area contributed by atoms with Crippen molar-refractivity contribution in [1.82, 2.24) is 0 Å². The molecule has 0 bridgehead atoms. The fourth-order valence-electron chi connectivity index (χ4n) is 0.735. The van der Waals surface area contributed by atoms with E-state index < -0.39 is 8.32 Å². The summed E-state index contributed by atoms with van der Waals surface area (Å²) in [5.41, 5.74) is 0.786. The van der Waals surface area contributed by atoms with Crippen LogP contribution in [0.25, 0.3) is 0 Å². The number of ketones is 1. The maximum absolute atomic E-state index is 11.0. The molecule has 2 nitrogen and oxygen atoms in total. The third-order valence-corrected chi connectivity index (χ3v) is 7.70. The number of hydrogen-bond acceptors (Lipinski definition) is 2. The predicted molar refractivity (Wildman–Crippen MR) is 67.6 cm³/mol. The molecule has 0 saturated carbocycles. The zero-order valence-electron chi connectivity index (χ0n) is 11.1. The van der Waals surface area contributed by atoms with Crippen molar-refractivity contribution in [3.05, 3.63) is 11.6 Å². The Balaban J connectivity index is 4.30. The Kier molecular flexibility index (Phi) is 4.94. The van der Waals surface area contributed by atoms with E-state index >= 15 is 0 Å². The highest BCUT2D eigenvalue weighted by Gasteiger charge is 2.36. The average molecular weight is 228 g/mol. The monoisotopic (exact) mass is 228 g/mol. The molecule has 0 aromatic heterocycles. The molecular weight excluding hydrogens is 204 g/mol. The van der Waals surface area contributed by atoms with Crippen LogP contribution >= 0.6 is 0 Å². The molecule has 0 saturated heterocycles. The summed E-state index contributed by atoms with van der Waals surface area (Å²) in [4.78, 5) is 11.0. The largest absolute Gasteiger partial charge is 0.413 e. The average Bonchev–Trinajstić information content (AvgIpc) is 2.01. The van der Waals surface area contributed by atoms with Crippen molar-refractivity contribution >= 4 is 14.1 Å². The molecular formula is C12H24O2Si. The summed E-state index contributed by atoms with van der Waals surface area (Å²) in [5, 5.41) is 0.227. The van der Waals surface area contributed by atoms with Crippen molar-refractivity contribution in [3.63, 3.8) is 0 Å². The molecule has 0 fully saturated rings. The van der Waals surface area contributed by atoms with Gasteiger partial charge >= 0.3 is 0 Å². The number of carbonyl (C=O) groups excluding carboxylic acids is 1. The van der Waals surface area contributed by atoms with Crippen molar-refractivity contribution in [2.75, 3.05) is 6.61 Å². The van der Waals surface area contributed by atoms with E-state index in [1.54, 1.807) is 6.92 Å². The standard InChI is InChI=1S/C12H24O2Si/c1-10(11(2)13)8-9-14-15(6,7)12(3,4)5/h8H,9H2,1-7H3/b10-8+. The van der Waals surface area contributed by atoms with Gasteiger partial charge in [0.25, 0.3) is 0 Å². The first-order valence-electron chi connectivity index (χ1n) is 5.39. The first kappa shape index (κ1) is 14.6. The molecule has 0 heterocycles. The van der Waals surface area contributed by atoms with Gasteiger partial charge < -0.3 is 4.43 Å². The topological polar surface area (TPSA) is 26.3 Å². The fraction of sp³-hybridized carbons (Fsp3) is 0.750. The Bertz CT molecular complexity index is 259. The number of Topliss-reactive ketones (excluding diaryl/α,β-unsaturated/α-hetero) is 1. The maximum atomic E-state index is 11.0. The summed E-state index contributed by atoms with van der Waals surface area (Å²) in [6.07, 6.45) is 1.88. The van der Waals surface area contributed by atoms with E-state index in [1.165, 1.54) is 0 Å². The number of carbonyl (C=O) groups is 1. The third kappa shape index (κ3) is 4.75. The summed E-state index contributed by atoms with van der Waals surface area (Å²) < 4.78 is 5.92. The molecule has 0 spiro atoms. The van der Waals surface area contributed by atoms with E-state index in [4.69, 9.17) is 4.43 Å². The molecule has 15 heavy (non-hydrogen) atoms. The van der Waals surface area contributed by atoms with Gasteiger partial charge in [0.15, 0.2) is 14.1 Å². The molecule has 0 radical (unpaired) electrons. The fourth-order valence-corrected chi connectivity index (χ4v) is 1.67. The molecule has 0 rings (SSSR count). The van der Waals surface area contributed by atoms with Gasteiger partial charge in [-0.1, -0.05) is 26.8 Å². The molecule has 0 aromatic carbocycles. The quantitative estimate of drug-likeness (QED) is 0.543. The van der Waals surface area contributed by atoms with E-state index in [2.05, 4.69) is 33.9 Å². The van der Waals surface area contributed by atoms with Crippen molar-refractivity contribution in [1.29, 1.82) is 0 Å². The van der Waals surface area contributed by atoms with Gasteiger partial charge in [0.2, 0.25) is 0 Å². The van der Waals surface area contributed by atoms with Crippen LogP contribution < -0.4 is 0 Å². The Morgan fingerprint density at radius 1 is 1.27 bits per heavy atom. The first-order valence-corrected chi connectivity index (χ1v) is 8.30. The summed E-state index contributed by atoms with van der Waals surface area (Å²) in [5.74, 6) is 0.119. The summed E-state index contributed by atoms with van der Waals surface area (Å²) in [6, 6.07) is 0. The Morgan fingerprint density at radius 3 is 2.07 bits per heavy atom. The zero-order valence-corrected chi connectivity index (χ0v) is 12.1.